The first-order valence-corrected chi connectivity index (χ1v) is 9.94. The number of hydrogen-bond acceptors (Lipinski definition) is 3. The van der Waals surface area contributed by atoms with Gasteiger partial charge in [-0.25, -0.2) is 0 Å². The summed E-state index contributed by atoms with van der Waals surface area (Å²) < 4.78 is 5.96. The molecule has 1 saturated carbocycles. The van der Waals surface area contributed by atoms with Gasteiger partial charge in [0.2, 0.25) is 0 Å². The Balaban J connectivity index is 0.00000392. The third kappa shape index (κ3) is 5.37. The van der Waals surface area contributed by atoms with Crippen LogP contribution in [-0.2, 0) is 11.3 Å². The molecule has 1 amide bonds. The van der Waals surface area contributed by atoms with Crippen molar-refractivity contribution in [3.05, 3.63) is 35.4 Å². The highest BCUT2D eigenvalue weighted by molar-refractivity contribution is 14.0. The summed E-state index contributed by atoms with van der Waals surface area (Å²) in [6.07, 6.45) is 3.51. The molecule has 1 fully saturated rings. The largest absolute Gasteiger partial charge is 0.378 e. The SMILES string of the molecule is CCOC1CC(NC(=NC)NCc2ccc(C(=O)NC)cc2)C1(CC)CC.I. The van der Waals surface area contributed by atoms with Gasteiger partial charge in [0.1, 0.15) is 0 Å². The van der Waals surface area contributed by atoms with Crippen molar-refractivity contribution < 1.29 is 9.53 Å². The zero-order valence-electron chi connectivity index (χ0n) is 17.7. The van der Waals surface area contributed by atoms with Crippen LogP contribution in [0, 0.1) is 5.41 Å². The average Bonchev–Trinajstić information content (AvgIpc) is 2.70. The monoisotopic (exact) mass is 502 g/mol. The first-order valence-electron chi connectivity index (χ1n) is 9.94. The van der Waals surface area contributed by atoms with Crippen LogP contribution in [0.2, 0.25) is 0 Å². The van der Waals surface area contributed by atoms with Gasteiger partial charge < -0.3 is 20.7 Å². The fourth-order valence-corrected chi connectivity index (χ4v) is 4.05. The maximum atomic E-state index is 11.6. The van der Waals surface area contributed by atoms with E-state index in [1.165, 1.54) is 0 Å². The van der Waals surface area contributed by atoms with Gasteiger partial charge in [-0.05, 0) is 43.9 Å². The van der Waals surface area contributed by atoms with E-state index in [2.05, 4.69) is 41.7 Å². The molecule has 2 atom stereocenters. The number of hydrogen-bond donors (Lipinski definition) is 3. The van der Waals surface area contributed by atoms with Gasteiger partial charge in [0.05, 0.1) is 6.10 Å². The topological polar surface area (TPSA) is 74.8 Å². The van der Waals surface area contributed by atoms with Crippen molar-refractivity contribution in [3.63, 3.8) is 0 Å². The number of carbonyl (C=O) groups is 1. The Morgan fingerprint density at radius 2 is 1.86 bits per heavy atom. The van der Waals surface area contributed by atoms with Crippen LogP contribution in [0.25, 0.3) is 0 Å². The molecule has 0 aliphatic heterocycles. The number of amides is 1. The van der Waals surface area contributed by atoms with Gasteiger partial charge in [-0.1, -0.05) is 26.0 Å². The molecule has 158 valence electrons. The van der Waals surface area contributed by atoms with Gasteiger partial charge in [0.15, 0.2) is 5.96 Å². The Bertz CT molecular complexity index is 644. The Morgan fingerprint density at radius 1 is 1.21 bits per heavy atom. The van der Waals surface area contributed by atoms with E-state index in [1.54, 1.807) is 14.1 Å². The molecule has 3 N–H and O–H groups in total. The molecule has 6 nitrogen and oxygen atoms in total. The molecular weight excluding hydrogens is 467 g/mol. The molecule has 0 heterocycles. The lowest BCUT2D eigenvalue weighted by Crippen LogP contribution is -2.65. The van der Waals surface area contributed by atoms with Crippen LogP contribution in [0.5, 0.6) is 0 Å². The minimum Gasteiger partial charge on any atom is -0.378 e. The standard InChI is InChI=1S/C21H34N4O2.HI/c1-6-21(7-2)17(13-18(21)27-8-3)25-20(23-5)24-14-15-9-11-16(12-10-15)19(26)22-4;/h9-12,17-18H,6-8,13-14H2,1-5H3,(H,22,26)(H2,23,24,25);1H. The Kier molecular flexibility index (Phi) is 10.2. The van der Waals surface area contributed by atoms with Crippen LogP contribution in [0.3, 0.4) is 0 Å². The number of rotatable bonds is 8. The van der Waals surface area contributed by atoms with Crippen molar-refractivity contribution in [2.24, 2.45) is 10.4 Å². The minimum absolute atomic E-state index is 0. The van der Waals surface area contributed by atoms with Gasteiger partial charge in [0.25, 0.3) is 5.91 Å². The van der Waals surface area contributed by atoms with E-state index in [0.717, 1.165) is 37.4 Å². The van der Waals surface area contributed by atoms with Crippen LogP contribution < -0.4 is 16.0 Å². The zero-order chi connectivity index (χ0) is 19.9. The molecular formula is C21H35IN4O2. The molecule has 1 aromatic rings. The van der Waals surface area contributed by atoms with Gasteiger partial charge in [0, 0.05) is 44.3 Å². The van der Waals surface area contributed by atoms with E-state index in [4.69, 9.17) is 4.74 Å². The average molecular weight is 502 g/mol. The van der Waals surface area contributed by atoms with E-state index in [0.29, 0.717) is 24.3 Å². The fraction of sp³-hybridized carbons (Fsp3) is 0.619. The number of halogens is 1. The summed E-state index contributed by atoms with van der Waals surface area (Å²) in [5.41, 5.74) is 1.93. The van der Waals surface area contributed by atoms with Gasteiger partial charge in [-0.3, -0.25) is 9.79 Å². The van der Waals surface area contributed by atoms with Crippen molar-refractivity contribution in [2.45, 2.75) is 58.7 Å². The van der Waals surface area contributed by atoms with Gasteiger partial charge >= 0.3 is 0 Å². The summed E-state index contributed by atoms with van der Waals surface area (Å²) in [5.74, 6) is 0.730. The first-order chi connectivity index (χ1) is 13.0. The first kappa shape index (κ1) is 24.7. The van der Waals surface area contributed by atoms with E-state index < -0.39 is 0 Å². The maximum absolute atomic E-state index is 11.6. The number of nitrogens with zero attached hydrogens (tertiary/aromatic N) is 1. The molecule has 28 heavy (non-hydrogen) atoms. The normalized spacial score (nSPS) is 20.5. The molecule has 1 aromatic carbocycles. The highest BCUT2D eigenvalue weighted by Gasteiger charge is 2.53. The quantitative estimate of drug-likeness (QED) is 0.290. The lowest BCUT2D eigenvalue weighted by Gasteiger charge is -2.55. The lowest BCUT2D eigenvalue weighted by atomic mass is 9.58. The number of nitrogens with one attached hydrogen (secondary N) is 3. The van der Waals surface area contributed by atoms with Gasteiger partial charge in [-0.15, -0.1) is 24.0 Å². The minimum atomic E-state index is -0.0729. The molecule has 1 aliphatic carbocycles. The molecule has 0 aromatic heterocycles. The molecule has 0 radical (unpaired) electrons. The predicted molar refractivity (Wildman–Crippen MR) is 125 cm³/mol. The number of guanidine groups is 1. The predicted octanol–water partition coefficient (Wildman–Crippen LogP) is 3.31. The maximum Gasteiger partial charge on any atom is 0.251 e. The molecule has 0 saturated heterocycles. The Morgan fingerprint density at radius 3 is 2.36 bits per heavy atom. The van der Waals surface area contributed by atoms with Crippen LogP contribution in [-0.4, -0.2) is 44.7 Å². The molecule has 2 unspecified atom stereocenters. The van der Waals surface area contributed by atoms with Crippen molar-refractivity contribution in [2.75, 3.05) is 20.7 Å². The lowest BCUT2D eigenvalue weighted by molar-refractivity contribution is -0.133. The second kappa shape index (κ2) is 11.6. The summed E-state index contributed by atoms with van der Waals surface area (Å²) in [6.45, 7) is 7.96. The third-order valence-electron chi connectivity index (χ3n) is 5.91. The molecule has 1 aliphatic rings. The molecule has 0 spiro atoms. The second-order valence-corrected chi connectivity index (χ2v) is 7.02. The highest BCUT2D eigenvalue weighted by atomic mass is 127. The van der Waals surface area contributed by atoms with Crippen molar-refractivity contribution in [3.8, 4) is 0 Å². The molecule has 7 heteroatoms. The Labute approximate surface area is 186 Å². The molecule has 0 bridgehead atoms. The van der Waals surface area contributed by atoms with Crippen molar-refractivity contribution in [1.29, 1.82) is 0 Å². The summed E-state index contributed by atoms with van der Waals surface area (Å²) in [7, 11) is 3.43. The van der Waals surface area contributed by atoms with E-state index >= 15 is 0 Å². The zero-order valence-corrected chi connectivity index (χ0v) is 20.0. The number of aliphatic imine (C=N–C) groups is 1. The second-order valence-electron chi connectivity index (χ2n) is 7.02. The van der Waals surface area contributed by atoms with E-state index in [9.17, 15) is 4.79 Å². The number of ether oxygens (including phenoxy) is 1. The fourth-order valence-electron chi connectivity index (χ4n) is 4.05. The summed E-state index contributed by atoms with van der Waals surface area (Å²) >= 11 is 0. The van der Waals surface area contributed by atoms with E-state index in [-0.39, 0.29) is 35.3 Å². The number of carbonyl (C=O) groups excluding carboxylic acids is 1. The highest BCUT2D eigenvalue weighted by Crippen LogP contribution is 2.48. The summed E-state index contributed by atoms with van der Waals surface area (Å²) in [4.78, 5) is 16.0. The van der Waals surface area contributed by atoms with Crippen LogP contribution in [0.15, 0.2) is 29.3 Å². The third-order valence-corrected chi connectivity index (χ3v) is 5.91. The van der Waals surface area contributed by atoms with Crippen LogP contribution in [0.4, 0.5) is 0 Å². The van der Waals surface area contributed by atoms with Crippen molar-refractivity contribution in [1.82, 2.24) is 16.0 Å². The van der Waals surface area contributed by atoms with Crippen LogP contribution in [0.1, 0.15) is 56.0 Å². The smallest absolute Gasteiger partial charge is 0.251 e. The Hall–Kier alpha value is -1.35. The summed E-state index contributed by atoms with van der Waals surface area (Å²) in [5, 5.41) is 9.60. The van der Waals surface area contributed by atoms with Gasteiger partial charge in [-0.2, -0.15) is 0 Å². The molecule has 2 rings (SSSR count). The summed E-state index contributed by atoms with van der Waals surface area (Å²) in [6, 6.07) is 7.96. The van der Waals surface area contributed by atoms with E-state index in [1.807, 2.05) is 24.3 Å². The van der Waals surface area contributed by atoms with Crippen molar-refractivity contribution >= 4 is 35.8 Å². The van der Waals surface area contributed by atoms with Crippen LogP contribution >= 0.6 is 24.0 Å². The number of benzene rings is 1.